The Morgan fingerprint density at radius 2 is 1.95 bits per heavy atom. The minimum atomic E-state index is 0.0152. The van der Waals surface area contributed by atoms with Gasteiger partial charge in [-0.15, -0.1) is 11.6 Å². The molecule has 0 saturated heterocycles. The van der Waals surface area contributed by atoms with Gasteiger partial charge in [0.1, 0.15) is 0 Å². The summed E-state index contributed by atoms with van der Waals surface area (Å²) in [4.78, 5) is 15.2. The lowest BCUT2D eigenvalue weighted by atomic mass is 10.0. The number of alkyl halides is 1. The predicted octanol–water partition coefficient (Wildman–Crippen LogP) is 4.00. The number of hydrogen-bond donors (Lipinski definition) is 2. The van der Waals surface area contributed by atoms with E-state index in [4.69, 9.17) is 11.6 Å². The molecule has 2 rings (SSSR count). The van der Waals surface area contributed by atoms with Gasteiger partial charge in [-0.05, 0) is 62.8 Å². The van der Waals surface area contributed by atoms with Gasteiger partial charge in [0.15, 0.2) is 0 Å². The highest BCUT2D eigenvalue weighted by atomic mass is 35.5. The standard InChI is InChI=1S/C17H23ClN2O/c1-5-13-11(3)17(21)20-16(13)9-15-10(2)14(7-6-8-18)12(4)19-15/h9,19H,5-8H2,1-4H3,(H,20,21)/b16-9-. The molecule has 3 nitrogen and oxygen atoms in total. The van der Waals surface area contributed by atoms with E-state index in [1.54, 1.807) is 0 Å². The first-order valence-electron chi connectivity index (χ1n) is 7.46. The van der Waals surface area contributed by atoms with E-state index in [0.717, 1.165) is 41.8 Å². The van der Waals surface area contributed by atoms with Crippen LogP contribution in [0.4, 0.5) is 0 Å². The van der Waals surface area contributed by atoms with Gasteiger partial charge in [-0.3, -0.25) is 4.79 Å². The monoisotopic (exact) mass is 306 g/mol. The van der Waals surface area contributed by atoms with Crippen LogP contribution in [-0.2, 0) is 11.2 Å². The van der Waals surface area contributed by atoms with E-state index >= 15 is 0 Å². The van der Waals surface area contributed by atoms with Crippen LogP contribution in [0.15, 0.2) is 16.8 Å². The molecular formula is C17H23ClN2O. The van der Waals surface area contributed by atoms with Gasteiger partial charge < -0.3 is 10.3 Å². The lowest BCUT2D eigenvalue weighted by Gasteiger charge is -2.04. The maximum absolute atomic E-state index is 11.8. The van der Waals surface area contributed by atoms with Crippen LogP contribution in [0.3, 0.4) is 0 Å². The second kappa shape index (κ2) is 6.52. The number of hydrogen-bond acceptors (Lipinski definition) is 1. The lowest BCUT2D eigenvalue weighted by Crippen LogP contribution is -2.15. The average molecular weight is 307 g/mol. The molecule has 1 amide bonds. The molecule has 0 aromatic carbocycles. The second-order valence-corrected chi connectivity index (χ2v) is 5.91. The number of allylic oxidation sites excluding steroid dienone is 1. The van der Waals surface area contributed by atoms with Crippen LogP contribution >= 0.6 is 11.6 Å². The quantitative estimate of drug-likeness (QED) is 0.794. The van der Waals surface area contributed by atoms with Crippen LogP contribution in [-0.4, -0.2) is 16.8 Å². The molecule has 0 saturated carbocycles. The van der Waals surface area contributed by atoms with E-state index in [2.05, 4.69) is 37.1 Å². The summed E-state index contributed by atoms with van der Waals surface area (Å²) in [7, 11) is 0. The predicted molar refractivity (Wildman–Crippen MR) is 88.4 cm³/mol. The highest BCUT2D eigenvalue weighted by molar-refractivity contribution is 6.17. The Kier molecular flexibility index (Phi) is 4.94. The number of aromatic amines is 1. The molecule has 0 atom stereocenters. The van der Waals surface area contributed by atoms with Crippen molar-refractivity contribution < 1.29 is 4.79 Å². The number of aromatic nitrogens is 1. The number of rotatable bonds is 5. The van der Waals surface area contributed by atoms with Crippen molar-refractivity contribution >= 4 is 23.6 Å². The third-order valence-electron chi connectivity index (χ3n) is 4.20. The molecule has 0 unspecified atom stereocenters. The van der Waals surface area contributed by atoms with Crippen molar-refractivity contribution in [3.63, 3.8) is 0 Å². The summed E-state index contributed by atoms with van der Waals surface area (Å²) in [6.07, 6.45) is 4.88. The van der Waals surface area contributed by atoms with Crippen LogP contribution in [0.5, 0.6) is 0 Å². The summed E-state index contributed by atoms with van der Waals surface area (Å²) >= 11 is 5.79. The van der Waals surface area contributed by atoms with Crippen molar-refractivity contribution in [2.45, 2.75) is 47.0 Å². The SMILES string of the molecule is CCC1=C(C)C(=O)N/C1=C\c1[nH]c(C)c(CCCCl)c1C. The van der Waals surface area contributed by atoms with E-state index in [9.17, 15) is 4.79 Å². The minimum absolute atomic E-state index is 0.0152. The molecule has 1 aromatic heterocycles. The third kappa shape index (κ3) is 3.08. The molecule has 1 aromatic rings. The van der Waals surface area contributed by atoms with E-state index in [0.29, 0.717) is 5.88 Å². The number of carbonyl (C=O) groups is 1. The summed E-state index contributed by atoms with van der Waals surface area (Å²) < 4.78 is 0. The Labute approximate surface area is 131 Å². The van der Waals surface area contributed by atoms with Gasteiger partial charge in [0.05, 0.1) is 0 Å². The first-order valence-corrected chi connectivity index (χ1v) is 8.00. The Hall–Kier alpha value is -1.48. The smallest absolute Gasteiger partial charge is 0.251 e. The summed E-state index contributed by atoms with van der Waals surface area (Å²) in [5, 5.41) is 2.96. The zero-order valence-electron chi connectivity index (χ0n) is 13.2. The molecule has 21 heavy (non-hydrogen) atoms. The molecule has 4 heteroatoms. The van der Waals surface area contributed by atoms with Gasteiger partial charge in [0.25, 0.3) is 5.91 Å². The number of carbonyl (C=O) groups excluding carboxylic acids is 1. The minimum Gasteiger partial charge on any atom is -0.359 e. The fourth-order valence-corrected chi connectivity index (χ4v) is 3.07. The molecule has 0 fully saturated rings. The van der Waals surface area contributed by atoms with Crippen molar-refractivity contribution in [3.05, 3.63) is 39.4 Å². The molecule has 1 aliphatic heterocycles. The summed E-state index contributed by atoms with van der Waals surface area (Å²) in [6, 6.07) is 0. The number of H-pyrrole nitrogens is 1. The van der Waals surface area contributed by atoms with E-state index in [1.807, 2.05) is 6.92 Å². The van der Waals surface area contributed by atoms with Crippen molar-refractivity contribution in [3.8, 4) is 0 Å². The van der Waals surface area contributed by atoms with Crippen LogP contribution in [0, 0.1) is 13.8 Å². The first kappa shape index (κ1) is 15.9. The number of nitrogens with one attached hydrogen (secondary N) is 2. The second-order valence-electron chi connectivity index (χ2n) is 5.53. The molecule has 2 N–H and O–H groups in total. The largest absolute Gasteiger partial charge is 0.359 e. The number of amides is 1. The van der Waals surface area contributed by atoms with Gasteiger partial charge in [0, 0.05) is 28.5 Å². The number of halogens is 1. The molecule has 114 valence electrons. The highest BCUT2D eigenvalue weighted by Gasteiger charge is 2.22. The zero-order chi connectivity index (χ0) is 15.6. The molecule has 0 spiro atoms. The lowest BCUT2D eigenvalue weighted by molar-refractivity contribution is -0.116. The van der Waals surface area contributed by atoms with Gasteiger partial charge in [-0.1, -0.05) is 6.92 Å². The highest BCUT2D eigenvalue weighted by Crippen LogP contribution is 2.27. The molecular weight excluding hydrogens is 284 g/mol. The van der Waals surface area contributed by atoms with Crippen molar-refractivity contribution in [2.24, 2.45) is 0 Å². The fraction of sp³-hybridized carbons (Fsp3) is 0.471. The van der Waals surface area contributed by atoms with Crippen molar-refractivity contribution in [1.29, 1.82) is 0 Å². The summed E-state index contributed by atoms with van der Waals surface area (Å²) in [5.41, 5.74) is 7.71. The maximum Gasteiger partial charge on any atom is 0.251 e. The Morgan fingerprint density at radius 1 is 1.24 bits per heavy atom. The Bertz CT molecular complexity index is 623. The van der Waals surface area contributed by atoms with Gasteiger partial charge in [-0.25, -0.2) is 0 Å². The zero-order valence-corrected chi connectivity index (χ0v) is 13.9. The summed E-state index contributed by atoms with van der Waals surface area (Å²) in [6.45, 7) is 8.17. The molecule has 1 aliphatic rings. The van der Waals surface area contributed by atoms with E-state index in [-0.39, 0.29) is 5.91 Å². The Balaban J connectivity index is 2.36. The van der Waals surface area contributed by atoms with Crippen LogP contribution < -0.4 is 5.32 Å². The molecule has 2 heterocycles. The fourth-order valence-electron chi connectivity index (χ4n) is 2.93. The van der Waals surface area contributed by atoms with Crippen LogP contribution in [0.2, 0.25) is 0 Å². The molecule has 0 aliphatic carbocycles. The molecule has 0 bridgehead atoms. The van der Waals surface area contributed by atoms with Gasteiger partial charge >= 0.3 is 0 Å². The van der Waals surface area contributed by atoms with Gasteiger partial charge in [0.2, 0.25) is 0 Å². The number of aryl methyl sites for hydroxylation is 1. The van der Waals surface area contributed by atoms with E-state index < -0.39 is 0 Å². The Morgan fingerprint density at radius 3 is 2.57 bits per heavy atom. The third-order valence-corrected chi connectivity index (χ3v) is 4.47. The average Bonchev–Trinajstić information content (AvgIpc) is 2.86. The van der Waals surface area contributed by atoms with Gasteiger partial charge in [-0.2, -0.15) is 0 Å². The van der Waals surface area contributed by atoms with Crippen LogP contribution in [0.1, 0.15) is 49.2 Å². The van der Waals surface area contributed by atoms with Crippen molar-refractivity contribution in [1.82, 2.24) is 10.3 Å². The summed E-state index contributed by atoms with van der Waals surface area (Å²) in [5.74, 6) is 0.694. The molecule has 0 radical (unpaired) electrons. The first-order chi connectivity index (χ1) is 9.99. The normalized spacial score (nSPS) is 17.0. The van der Waals surface area contributed by atoms with Crippen LogP contribution in [0.25, 0.3) is 6.08 Å². The topological polar surface area (TPSA) is 44.9 Å². The van der Waals surface area contributed by atoms with Crippen molar-refractivity contribution in [2.75, 3.05) is 5.88 Å². The van der Waals surface area contributed by atoms with E-state index in [1.165, 1.54) is 16.8 Å². The maximum atomic E-state index is 11.8.